The minimum atomic E-state index is -0.118. The molecule has 2 heterocycles. The summed E-state index contributed by atoms with van der Waals surface area (Å²) in [5, 5.41) is 3.57. The highest BCUT2D eigenvalue weighted by Gasteiger charge is 2.36. The Morgan fingerprint density at radius 2 is 1.56 bits per heavy atom. The Hall–Kier alpha value is -3.37. The van der Waals surface area contributed by atoms with Gasteiger partial charge in [-0.1, -0.05) is 72.8 Å². The fraction of sp³-hybridized carbons (Fsp3) is 0.250. The van der Waals surface area contributed by atoms with Gasteiger partial charge < -0.3 is 10.2 Å². The van der Waals surface area contributed by atoms with Crippen molar-refractivity contribution in [1.82, 2.24) is 9.80 Å². The van der Waals surface area contributed by atoms with Gasteiger partial charge in [-0.25, -0.2) is 0 Å². The van der Waals surface area contributed by atoms with Gasteiger partial charge in [-0.2, -0.15) is 0 Å². The molecule has 1 atom stereocenters. The maximum Gasteiger partial charge on any atom is 0.256 e. The van der Waals surface area contributed by atoms with E-state index < -0.39 is 0 Å². The largest absolute Gasteiger partial charge is 0.361 e. The molecule has 5 rings (SSSR count). The second kappa shape index (κ2) is 9.41. The van der Waals surface area contributed by atoms with E-state index >= 15 is 0 Å². The lowest BCUT2D eigenvalue weighted by atomic mass is 9.99. The van der Waals surface area contributed by atoms with E-state index in [1.54, 1.807) is 0 Å². The SMILES string of the molecule is O=C1c2ccccc2C(Nc2ccccc2)N1CCCN1CC=C(c2ccccc2)CC1. The lowest BCUT2D eigenvalue weighted by molar-refractivity contribution is 0.0734. The number of hydrogen-bond donors (Lipinski definition) is 1. The molecule has 1 amide bonds. The molecule has 3 aromatic carbocycles. The Morgan fingerprint density at radius 3 is 2.31 bits per heavy atom. The Bertz CT molecular complexity index is 1090. The van der Waals surface area contributed by atoms with Crippen molar-refractivity contribution in [2.24, 2.45) is 0 Å². The molecule has 0 spiro atoms. The number of benzene rings is 3. The average Bonchev–Trinajstić information content (AvgIpc) is 3.12. The molecule has 32 heavy (non-hydrogen) atoms. The summed E-state index contributed by atoms with van der Waals surface area (Å²) in [6.45, 7) is 3.78. The summed E-state index contributed by atoms with van der Waals surface area (Å²) in [6.07, 6.45) is 4.28. The first-order valence-corrected chi connectivity index (χ1v) is 11.5. The molecule has 2 aliphatic heterocycles. The van der Waals surface area contributed by atoms with Gasteiger partial charge in [0.1, 0.15) is 6.17 Å². The third kappa shape index (κ3) is 4.32. The molecule has 0 fully saturated rings. The number of para-hydroxylation sites is 1. The molecule has 0 aromatic heterocycles. The van der Waals surface area contributed by atoms with E-state index in [0.717, 1.165) is 55.8 Å². The summed E-state index contributed by atoms with van der Waals surface area (Å²) in [6, 6.07) is 28.8. The molecular weight excluding hydrogens is 394 g/mol. The highest BCUT2D eigenvalue weighted by molar-refractivity contribution is 5.99. The average molecular weight is 424 g/mol. The van der Waals surface area contributed by atoms with Crippen molar-refractivity contribution in [3.8, 4) is 0 Å². The van der Waals surface area contributed by atoms with E-state index in [9.17, 15) is 4.79 Å². The molecular formula is C28H29N3O. The zero-order valence-electron chi connectivity index (χ0n) is 18.3. The number of hydrogen-bond acceptors (Lipinski definition) is 3. The monoisotopic (exact) mass is 423 g/mol. The molecule has 162 valence electrons. The Kier molecular flexibility index (Phi) is 6.04. The van der Waals surface area contributed by atoms with Gasteiger partial charge >= 0.3 is 0 Å². The van der Waals surface area contributed by atoms with Gasteiger partial charge in [-0.15, -0.1) is 0 Å². The second-order valence-corrected chi connectivity index (χ2v) is 8.50. The van der Waals surface area contributed by atoms with Crippen molar-refractivity contribution in [1.29, 1.82) is 0 Å². The topological polar surface area (TPSA) is 35.6 Å². The molecule has 3 aromatic rings. The molecule has 0 aliphatic carbocycles. The predicted molar refractivity (Wildman–Crippen MR) is 130 cm³/mol. The van der Waals surface area contributed by atoms with E-state index in [2.05, 4.69) is 52.7 Å². The number of carbonyl (C=O) groups excluding carboxylic acids is 1. The van der Waals surface area contributed by atoms with Gasteiger partial charge in [-0.05, 0) is 42.2 Å². The van der Waals surface area contributed by atoms with Crippen LogP contribution in [0.5, 0.6) is 0 Å². The van der Waals surface area contributed by atoms with E-state index in [4.69, 9.17) is 0 Å². The fourth-order valence-corrected chi connectivity index (χ4v) is 4.74. The van der Waals surface area contributed by atoms with Crippen LogP contribution in [0.2, 0.25) is 0 Å². The van der Waals surface area contributed by atoms with Crippen molar-refractivity contribution < 1.29 is 4.79 Å². The summed E-state index contributed by atoms with van der Waals surface area (Å²) >= 11 is 0. The van der Waals surface area contributed by atoms with Crippen molar-refractivity contribution in [2.75, 3.05) is 31.5 Å². The van der Waals surface area contributed by atoms with Gasteiger partial charge in [0.2, 0.25) is 0 Å². The van der Waals surface area contributed by atoms with Crippen LogP contribution in [-0.4, -0.2) is 41.9 Å². The van der Waals surface area contributed by atoms with E-state index in [-0.39, 0.29) is 12.1 Å². The Morgan fingerprint density at radius 1 is 0.844 bits per heavy atom. The molecule has 0 saturated carbocycles. The van der Waals surface area contributed by atoms with Crippen LogP contribution in [0.3, 0.4) is 0 Å². The zero-order chi connectivity index (χ0) is 21.8. The van der Waals surface area contributed by atoms with Gasteiger partial charge in [0, 0.05) is 43.0 Å². The molecule has 1 unspecified atom stereocenters. The van der Waals surface area contributed by atoms with Crippen LogP contribution in [0.15, 0.2) is 91.0 Å². The maximum atomic E-state index is 13.1. The second-order valence-electron chi connectivity index (χ2n) is 8.50. The van der Waals surface area contributed by atoms with Crippen LogP contribution in [0, 0.1) is 0 Å². The van der Waals surface area contributed by atoms with Crippen molar-refractivity contribution in [3.63, 3.8) is 0 Å². The molecule has 0 radical (unpaired) electrons. The molecule has 4 nitrogen and oxygen atoms in total. The van der Waals surface area contributed by atoms with Crippen LogP contribution < -0.4 is 5.32 Å². The number of nitrogens with one attached hydrogen (secondary N) is 1. The van der Waals surface area contributed by atoms with Crippen molar-refractivity contribution in [3.05, 3.63) is 108 Å². The number of anilines is 1. The van der Waals surface area contributed by atoms with Gasteiger partial charge in [0.05, 0.1) is 0 Å². The van der Waals surface area contributed by atoms with E-state index in [1.165, 1.54) is 11.1 Å². The lowest BCUT2D eigenvalue weighted by Crippen LogP contribution is -2.36. The fourth-order valence-electron chi connectivity index (χ4n) is 4.74. The summed E-state index contributed by atoms with van der Waals surface area (Å²) in [7, 11) is 0. The van der Waals surface area contributed by atoms with Crippen LogP contribution in [0.25, 0.3) is 5.57 Å². The summed E-state index contributed by atoms with van der Waals surface area (Å²) in [4.78, 5) is 17.6. The minimum Gasteiger partial charge on any atom is -0.361 e. The highest BCUT2D eigenvalue weighted by Crippen LogP contribution is 2.34. The third-order valence-electron chi connectivity index (χ3n) is 6.45. The minimum absolute atomic E-state index is 0.118. The number of fused-ring (bicyclic) bond motifs is 1. The Labute approximate surface area is 190 Å². The normalized spacial score (nSPS) is 18.4. The number of nitrogens with zero attached hydrogens (tertiary/aromatic N) is 2. The van der Waals surface area contributed by atoms with Crippen LogP contribution in [-0.2, 0) is 0 Å². The maximum absolute atomic E-state index is 13.1. The predicted octanol–water partition coefficient (Wildman–Crippen LogP) is 5.43. The molecule has 4 heteroatoms. The Balaban J connectivity index is 1.22. The van der Waals surface area contributed by atoms with Gasteiger partial charge in [0.15, 0.2) is 0 Å². The first-order valence-electron chi connectivity index (χ1n) is 11.5. The third-order valence-corrected chi connectivity index (χ3v) is 6.45. The van der Waals surface area contributed by atoms with Crippen molar-refractivity contribution in [2.45, 2.75) is 19.0 Å². The number of carbonyl (C=O) groups is 1. The summed E-state index contributed by atoms with van der Waals surface area (Å²) < 4.78 is 0. The van der Waals surface area contributed by atoms with Gasteiger partial charge in [0.25, 0.3) is 5.91 Å². The smallest absolute Gasteiger partial charge is 0.256 e. The summed E-state index contributed by atoms with van der Waals surface area (Å²) in [5.41, 5.74) is 5.69. The van der Waals surface area contributed by atoms with Crippen LogP contribution in [0.4, 0.5) is 5.69 Å². The zero-order valence-corrected chi connectivity index (χ0v) is 18.3. The highest BCUT2D eigenvalue weighted by atomic mass is 16.2. The molecule has 2 aliphatic rings. The standard InChI is InChI=1S/C28H29N3O/c32-28-26-15-8-7-14-25(26)27(29-24-12-5-2-6-13-24)31(28)19-9-18-30-20-16-23(17-21-30)22-10-3-1-4-11-22/h1-8,10-16,27,29H,9,17-21H2. The lowest BCUT2D eigenvalue weighted by Gasteiger charge is -2.30. The van der Waals surface area contributed by atoms with Crippen LogP contribution in [0.1, 0.15) is 40.5 Å². The first kappa shape index (κ1) is 20.5. The summed E-state index contributed by atoms with van der Waals surface area (Å²) in [5.74, 6) is 0.124. The number of rotatable bonds is 7. The molecule has 0 bridgehead atoms. The molecule has 0 saturated heterocycles. The van der Waals surface area contributed by atoms with E-state index in [1.807, 2.05) is 53.4 Å². The van der Waals surface area contributed by atoms with Gasteiger partial charge in [-0.3, -0.25) is 9.69 Å². The van der Waals surface area contributed by atoms with Crippen molar-refractivity contribution >= 4 is 17.2 Å². The first-order chi connectivity index (χ1) is 15.8. The van der Waals surface area contributed by atoms with E-state index in [0.29, 0.717) is 0 Å². The quantitative estimate of drug-likeness (QED) is 0.550. The van der Waals surface area contributed by atoms with Crippen LogP contribution >= 0.6 is 0 Å². The molecule has 1 N–H and O–H groups in total. The number of amides is 1.